The SMILES string of the molecule is CCCCN1CC2(CCCC2)NCC1C(C)CC. The molecule has 1 aliphatic heterocycles. The molecule has 2 heteroatoms. The third kappa shape index (κ3) is 3.08. The zero-order valence-electron chi connectivity index (χ0n) is 12.7. The normalized spacial score (nSPS) is 29.8. The van der Waals surface area contributed by atoms with E-state index in [0.29, 0.717) is 5.54 Å². The fourth-order valence-corrected chi connectivity index (χ4v) is 3.84. The number of rotatable bonds is 5. The lowest BCUT2D eigenvalue weighted by Gasteiger charge is -2.48. The second-order valence-corrected chi connectivity index (χ2v) is 6.65. The largest absolute Gasteiger partial charge is 0.308 e. The second kappa shape index (κ2) is 6.38. The maximum absolute atomic E-state index is 3.92. The molecule has 1 spiro atoms. The molecule has 1 heterocycles. The van der Waals surface area contributed by atoms with Crippen LogP contribution < -0.4 is 5.32 Å². The molecule has 1 saturated heterocycles. The predicted molar refractivity (Wildman–Crippen MR) is 78.9 cm³/mol. The summed E-state index contributed by atoms with van der Waals surface area (Å²) in [5.74, 6) is 0.827. The van der Waals surface area contributed by atoms with Gasteiger partial charge < -0.3 is 5.32 Å². The van der Waals surface area contributed by atoms with E-state index in [1.54, 1.807) is 0 Å². The Morgan fingerprint density at radius 2 is 2.00 bits per heavy atom. The molecular formula is C16H32N2. The lowest BCUT2D eigenvalue weighted by molar-refractivity contribution is 0.0509. The molecule has 2 fully saturated rings. The molecule has 106 valence electrons. The van der Waals surface area contributed by atoms with Gasteiger partial charge in [0.1, 0.15) is 0 Å². The van der Waals surface area contributed by atoms with Crippen molar-refractivity contribution in [3.8, 4) is 0 Å². The maximum atomic E-state index is 3.92. The number of unbranched alkanes of at least 4 members (excludes halogenated alkanes) is 1. The summed E-state index contributed by atoms with van der Waals surface area (Å²) < 4.78 is 0. The molecule has 2 atom stereocenters. The molecule has 0 radical (unpaired) electrons. The van der Waals surface area contributed by atoms with Gasteiger partial charge in [0.25, 0.3) is 0 Å². The molecular weight excluding hydrogens is 220 g/mol. The second-order valence-electron chi connectivity index (χ2n) is 6.65. The lowest BCUT2D eigenvalue weighted by atomic mass is 9.87. The van der Waals surface area contributed by atoms with Crippen LogP contribution in [0.25, 0.3) is 0 Å². The molecule has 0 aromatic heterocycles. The first kappa shape index (κ1) is 14.3. The van der Waals surface area contributed by atoms with Crippen LogP contribution in [0.3, 0.4) is 0 Å². The highest BCUT2D eigenvalue weighted by atomic mass is 15.3. The van der Waals surface area contributed by atoms with Crippen molar-refractivity contribution >= 4 is 0 Å². The summed E-state index contributed by atoms with van der Waals surface area (Å²) in [7, 11) is 0. The minimum absolute atomic E-state index is 0.484. The van der Waals surface area contributed by atoms with Gasteiger partial charge in [0.15, 0.2) is 0 Å². The number of hydrogen-bond acceptors (Lipinski definition) is 2. The highest BCUT2D eigenvalue weighted by molar-refractivity contribution is 5.01. The van der Waals surface area contributed by atoms with Crippen molar-refractivity contribution in [3.05, 3.63) is 0 Å². The molecule has 2 nitrogen and oxygen atoms in total. The van der Waals surface area contributed by atoms with Gasteiger partial charge in [-0.1, -0.05) is 46.5 Å². The van der Waals surface area contributed by atoms with Crippen molar-refractivity contribution in [2.45, 2.75) is 77.3 Å². The van der Waals surface area contributed by atoms with Gasteiger partial charge in [-0.15, -0.1) is 0 Å². The van der Waals surface area contributed by atoms with Gasteiger partial charge in [-0.25, -0.2) is 0 Å². The third-order valence-corrected chi connectivity index (χ3v) is 5.32. The van der Waals surface area contributed by atoms with E-state index < -0.39 is 0 Å². The van der Waals surface area contributed by atoms with Crippen molar-refractivity contribution in [3.63, 3.8) is 0 Å². The zero-order valence-corrected chi connectivity index (χ0v) is 12.7. The quantitative estimate of drug-likeness (QED) is 0.806. The number of hydrogen-bond donors (Lipinski definition) is 1. The Hall–Kier alpha value is -0.0800. The minimum Gasteiger partial charge on any atom is -0.308 e. The summed E-state index contributed by atoms with van der Waals surface area (Å²) in [6.07, 6.45) is 9.67. The molecule has 1 saturated carbocycles. The highest BCUT2D eigenvalue weighted by Crippen LogP contribution is 2.34. The summed E-state index contributed by atoms with van der Waals surface area (Å²) in [6, 6.07) is 0.771. The smallest absolute Gasteiger partial charge is 0.0309 e. The first-order valence-electron chi connectivity index (χ1n) is 8.20. The van der Waals surface area contributed by atoms with Crippen LogP contribution >= 0.6 is 0 Å². The van der Waals surface area contributed by atoms with Crippen molar-refractivity contribution in [2.75, 3.05) is 19.6 Å². The third-order valence-electron chi connectivity index (χ3n) is 5.32. The van der Waals surface area contributed by atoms with Gasteiger partial charge in [0, 0.05) is 24.7 Å². The average Bonchev–Trinajstić information content (AvgIpc) is 2.84. The number of nitrogens with zero attached hydrogens (tertiary/aromatic N) is 1. The molecule has 2 unspecified atom stereocenters. The van der Waals surface area contributed by atoms with E-state index in [9.17, 15) is 0 Å². The van der Waals surface area contributed by atoms with Crippen LogP contribution in [0, 0.1) is 5.92 Å². The molecule has 0 bridgehead atoms. The molecule has 0 aromatic carbocycles. The number of nitrogens with one attached hydrogen (secondary N) is 1. The fraction of sp³-hybridized carbons (Fsp3) is 1.00. The van der Waals surface area contributed by atoms with Gasteiger partial charge in [-0.05, 0) is 31.7 Å². The van der Waals surface area contributed by atoms with Crippen LogP contribution in [-0.2, 0) is 0 Å². The molecule has 0 amide bonds. The Kier molecular flexibility index (Phi) is 5.08. The van der Waals surface area contributed by atoms with E-state index in [4.69, 9.17) is 0 Å². The first-order chi connectivity index (χ1) is 8.71. The molecule has 0 aromatic rings. The van der Waals surface area contributed by atoms with E-state index in [2.05, 4.69) is 31.0 Å². The summed E-state index contributed by atoms with van der Waals surface area (Å²) in [5, 5.41) is 3.92. The van der Waals surface area contributed by atoms with Crippen LogP contribution in [0.4, 0.5) is 0 Å². The Balaban J connectivity index is 2.00. The van der Waals surface area contributed by atoms with E-state index in [1.807, 2.05) is 0 Å². The summed E-state index contributed by atoms with van der Waals surface area (Å²) >= 11 is 0. The van der Waals surface area contributed by atoms with E-state index in [1.165, 1.54) is 64.6 Å². The van der Waals surface area contributed by atoms with Crippen molar-refractivity contribution in [1.82, 2.24) is 10.2 Å². The highest BCUT2D eigenvalue weighted by Gasteiger charge is 2.41. The Bertz CT molecular complexity index is 245. The number of piperazine rings is 1. The van der Waals surface area contributed by atoms with Crippen LogP contribution in [0.5, 0.6) is 0 Å². The first-order valence-corrected chi connectivity index (χ1v) is 8.20. The van der Waals surface area contributed by atoms with Crippen LogP contribution in [-0.4, -0.2) is 36.1 Å². The zero-order chi connectivity index (χ0) is 13.0. The molecule has 1 N–H and O–H groups in total. The van der Waals surface area contributed by atoms with Crippen LogP contribution in [0.2, 0.25) is 0 Å². The van der Waals surface area contributed by atoms with Crippen LogP contribution in [0.1, 0.15) is 65.7 Å². The van der Waals surface area contributed by atoms with Crippen LogP contribution in [0.15, 0.2) is 0 Å². The van der Waals surface area contributed by atoms with Crippen molar-refractivity contribution < 1.29 is 0 Å². The van der Waals surface area contributed by atoms with Gasteiger partial charge in [0.05, 0.1) is 0 Å². The predicted octanol–water partition coefficient (Wildman–Crippen LogP) is 3.42. The Labute approximate surface area is 114 Å². The molecule has 2 rings (SSSR count). The molecule has 18 heavy (non-hydrogen) atoms. The average molecular weight is 252 g/mol. The van der Waals surface area contributed by atoms with Gasteiger partial charge in [-0.2, -0.15) is 0 Å². The molecule has 2 aliphatic rings. The Morgan fingerprint density at radius 1 is 1.28 bits per heavy atom. The topological polar surface area (TPSA) is 15.3 Å². The van der Waals surface area contributed by atoms with E-state index in [-0.39, 0.29) is 0 Å². The molecule has 1 aliphatic carbocycles. The lowest BCUT2D eigenvalue weighted by Crippen LogP contribution is -2.64. The van der Waals surface area contributed by atoms with Crippen molar-refractivity contribution in [2.24, 2.45) is 5.92 Å². The summed E-state index contributed by atoms with van der Waals surface area (Å²) in [4.78, 5) is 2.82. The van der Waals surface area contributed by atoms with Gasteiger partial charge in [-0.3, -0.25) is 4.90 Å². The van der Waals surface area contributed by atoms with Gasteiger partial charge in [0.2, 0.25) is 0 Å². The monoisotopic (exact) mass is 252 g/mol. The maximum Gasteiger partial charge on any atom is 0.0309 e. The van der Waals surface area contributed by atoms with E-state index >= 15 is 0 Å². The Morgan fingerprint density at radius 3 is 2.61 bits per heavy atom. The minimum atomic E-state index is 0.484. The fourth-order valence-electron chi connectivity index (χ4n) is 3.84. The standard InChI is InChI=1S/C16H32N2/c1-4-6-11-18-13-16(9-7-8-10-16)17-12-15(18)14(3)5-2/h14-15,17H,4-13H2,1-3H3. The van der Waals surface area contributed by atoms with Gasteiger partial charge >= 0.3 is 0 Å². The van der Waals surface area contributed by atoms with Crippen molar-refractivity contribution in [1.29, 1.82) is 0 Å². The summed E-state index contributed by atoms with van der Waals surface area (Å²) in [6.45, 7) is 10.9. The summed E-state index contributed by atoms with van der Waals surface area (Å²) in [5.41, 5.74) is 0.484. The van der Waals surface area contributed by atoms with E-state index in [0.717, 1.165) is 12.0 Å².